The minimum atomic E-state index is -3.13. The summed E-state index contributed by atoms with van der Waals surface area (Å²) < 4.78 is 30.5. The van der Waals surface area contributed by atoms with Crippen molar-refractivity contribution in [1.29, 1.82) is 0 Å². The molecule has 0 aliphatic heterocycles. The number of hydrogen-bond acceptors (Lipinski definition) is 3. The predicted octanol–water partition coefficient (Wildman–Crippen LogP) is 1.51. The molecule has 0 aliphatic rings. The van der Waals surface area contributed by atoms with Gasteiger partial charge in [-0.25, -0.2) is 13.1 Å². The highest BCUT2D eigenvalue weighted by Gasteiger charge is 2.13. The van der Waals surface area contributed by atoms with Crippen molar-refractivity contribution < 1.29 is 13.2 Å². The second kappa shape index (κ2) is 8.50. The third-order valence-electron chi connectivity index (χ3n) is 1.91. The molecule has 0 aliphatic carbocycles. The van der Waals surface area contributed by atoms with E-state index < -0.39 is 10.0 Å². The Bertz CT molecular complexity index is 244. The van der Waals surface area contributed by atoms with Crippen LogP contribution >= 0.6 is 15.9 Å². The molecule has 1 unspecified atom stereocenters. The third-order valence-corrected chi connectivity index (χ3v) is 4.06. The van der Waals surface area contributed by atoms with Crippen molar-refractivity contribution in [2.45, 2.75) is 32.2 Å². The van der Waals surface area contributed by atoms with Crippen LogP contribution in [0.5, 0.6) is 0 Å². The van der Waals surface area contributed by atoms with E-state index in [9.17, 15) is 8.42 Å². The zero-order valence-corrected chi connectivity index (χ0v) is 11.7. The van der Waals surface area contributed by atoms with Gasteiger partial charge >= 0.3 is 0 Å². The lowest BCUT2D eigenvalue weighted by molar-refractivity contribution is 0.199. The summed E-state index contributed by atoms with van der Waals surface area (Å²) in [4.78, 5) is 0. The van der Waals surface area contributed by atoms with Crippen LogP contribution in [0.3, 0.4) is 0 Å². The molecule has 0 aromatic carbocycles. The van der Waals surface area contributed by atoms with Gasteiger partial charge in [0.15, 0.2) is 0 Å². The average molecular weight is 302 g/mol. The molecule has 0 radical (unpaired) electrons. The topological polar surface area (TPSA) is 55.4 Å². The SMILES string of the molecule is COCCCS(=O)(=O)NC(C)CCCBr. The van der Waals surface area contributed by atoms with Gasteiger partial charge in [0.05, 0.1) is 5.75 Å². The van der Waals surface area contributed by atoms with E-state index in [0.29, 0.717) is 13.0 Å². The van der Waals surface area contributed by atoms with Crippen LogP contribution in [0.4, 0.5) is 0 Å². The molecule has 0 heterocycles. The molecule has 92 valence electrons. The van der Waals surface area contributed by atoms with Gasteiger partial charge in [0, 0.05) is 25.1 Å². The van der Waals surface area contributed by atoms with E-state index in [4.69, 9.17) is 4.74 Å². The molecule has 0 spiro atoms. The normalized spacial score (nSPS) is 14.1. The number of rotatable bonds is 9. The highest BCUT2D eigenvalue weighted by Crippen LogP contribution is 2.01. The minimum Gasteiger partial charge on any atom is -0.385 e. The molecular formula is C9H20BrNO3S. The molecule has 0 aromatic heterocycles. The van der Waals surface area contributed by atoms with Crippen LogP contribution in [0.2, 0.25) is 0 Å². The van der Waals surface area contributed by atoms with Gasteiger partial charge in [-0.05, 0) is 26.2 Å². The molecule has 1 atom stereocenters. The van der Waals surface area contributed by atoms with E-state index in [1.807, 2.05) is 6.92 Å². The van der Waals surface area contributed by atoms with Crippen molar-refractivity contribution in [3.63, 3.8) is 0 Å². The molecular weight excluding hydrogens is 282 g/mol. The molecule has 0 aromatic rings. The molecule has 0 bridgehead atoms. The first-order valence-electron chi connectivity index (χ1n) is 5.06. The van der Waals surface area contributed by atoms with Crippen LogP contribution in [0.25, 0.3) is 0 Å². The van der Waals surface area contributed by atoms with Crippen LogP contribution in [0.1, 0.15) is 26.2 Å². The lowest BCUT2D eigenvalue weighted by Gasteiger charge is -2.13. The minimum absolute atomic E-state index is 0.00935. The summed E-state index contributed by atoms with van der Waals surface area (Å²) in [7, 11) is -1.56. The van der Waals surface area contributed by atoms with Gasteiger partial charge in [-0.15, -0.1) is 0 Å². The number of sulfonamides is 1. The second-order valence-electron chi connectivity index (χ2n) is 3.52. The van der Waals surface area contributed by atoms with E-state index in [0.717, 1.165) is 18.2 Å². The number of hydrogen-bond donors (Lipinski definition) is 1. The standard InChI is InChI=1S/C9H20BrNO3S/c1-9(5-3-6-10)11-15(12,13)8-4-7-14-2/h9,11H,3-8H2,1-2H3. The van der Waals surface area contributed by atoms with E-state index in [2.05, 4.69) is 20.7 Å². The van der Waals surface area contributed by atoms with Gasteiger partial charge in [-0.3, -0.25) is 0 Å². The van der Waals surface area contributed by atoms with Gasteiger partial charge in [-0.2, -0.15) is 0 Å². The van der Waals surface area contributed by atoms with Crippen molar-refractivity contribution in [3.8, 4) is 0 Å². The van der Waals surface area contributed by atoms with E-state index in [1.54, 1.807) is 7.11 Å². The van der Waals surface area contributed by atoms with Gasteiger partial charge in [0.1, 0.15) is 0 Å². The Morgan fingerprint density at radius 1 is 1.40 bits per heavy atom. The van der Waals surface area contributed by atoms with Crippen molar-refractivity contribution in [1.82, 2.24) is 4.72 Å². The number of alkyl halides is 1. The van der Waals surface area contributed by atoms with Crippen LogP contribution in [-0.4, -0.2) is 39.3 Å². The zero-order valence-electron chi connectivity index (χ0n) is 9.33. The van der Waals surface area contributed by atoms with Crippen molar-refractivity contribution in [3.05, 3.63) is 0 Å². The molecule has 1 N–H and O–H groups in total. The van der Waals surface area contributed by atoms with Gasteiger partial charge in [0.2, 0.25) is 10.0 Å². The molecule has 0 saturated carbocycles. The quantitative estimate of drug-likeness (QED) is 0.519. The molecule has 0 saturated heterocycles. The molecule has 6 heteroatoms. The third kappa shape index (κ3) is 9.29. The maximum Gasteiger partial charge on any atom is 0.211 e. The van der Waals surface area contributed by atoms with E-state index in [-0.39, 0.29) is 11.8 Å². The first-order valence-corrected chi connectivity index (χ1v) is 7.84. The van der Waals surface area contributed by atoms with Crippen LogP contribution in [-0.2, 0) is 14.8 Å². The Labute approximate surface area is 101 Å². The van der Waals surface area contributed by atoms with Crippen molar-refractivity contribution in [2.75, 3.05) is 24.8 Å². The molecule has 0 amide bonds. The monoisotopic (exact) mass is 301 g/mol. The molecule has 0 fully saturated rings. The fourth-order valence-electron chi connectivity index (χ4n) is 1.20. The maximum absolute atomic E-state index is 11.5. The number of nitrogens with one attached hydrogen (secondary N) is 1. The number of halogens is 1. The molecule has 4 nitrogen and oxygen atoms in total. The summed E-state index contributed by atoms with van der Waals surface area (Å²) in [6.07, 6.45) is 2.37. The smallest absolute Gasteiger partial charge is 0.211 e. The Hall–Kier alpha value is 0.350. The first-order chi connectivity index (χ1) is 7.02. The summed E-state index contributed by atoms with van der Waals surface area (Å²) in [6.45, 7) is 2.37. The fraction of sp³-hybridized carbons (Fsp3) is 1.00. The maximum atomic E-state index is 11.5. The van der Waals surface area contributed by atoms with Crippen molar-refractivity contribution >= 4 is 26.0 Å². The van der Waals surface area contributed by atoms with E-state index >= 15 is 0 Å². The summed E-state index contributed by atoms with van der Waals surface area (Å²) in [5.74, 6) is 0.138. The Kier molecular flexibility index (Phi) is 8.69. The zero-order chi connectivity index (χ0) is 11.7. The summed E-state index contributed by atoms with van der Waals surface area (Å²) in [5, 5.41) is 0.905. The van der Waals surface area contributed by atoms with Gasteiger partial charge in [0.25, 0.3) is 0 Å². The van der Waals surface area contributed by atoms with Crippen LogP contribution in [0, 0.1) is 0 Å². The summed E-state index contributed by atoms with van der Waals surface area (Å²) in [6, 6.07) is 0.00935. The number of methoxy groups -OCH3 is 1. The lowest BCUT2D eigenvalue weighted by atomic mass is 10.2. The lowest BCUT2D eigenvalue weighted by Crippen LogP contribution is -2.34. The fourth-order valence-corrected chi connectivity index (χ4v) is 2.87. The molecule has 0 rings (SSSR count). The Morgan fingerprint density at radius 3 is 2.60 bits per heavy atom. The summed E-state index contributed by atoms with van der Waals surface area (Å²) >= 11 is 3.32. The Balaban J connectivity index is 3.81. The largest absolute Gasteiger partial charge is 0.385 e. The van der Waals surface area contributed by atoms with Gasteiger partial charge in [-0.1, -0.05) is 15.9 Å². The van der Waals surface area contributed by atoms with E-state index in [1.165, 1.54) is 0 Å². The highest BCUT2D eigenvalue weighted by molar-refractivity contribution is 9.09. The second-order valence-corrected chi connectivity index (χ2v) is 6.18. The first kappa shape index (κ1) is 15.3. The number of ether oxygens (including phenoxy) is 1. The average Bonchev–Trinajstić information content (AvgIpc) is 2.14. The van der Waals surface area contributed by atoms with Crippen LogP contribution in [0.15, 0.2) is 0 Å². The molecule has 15 heavy (non-hydrogen) atoms. The summed E-state index contributed by atoms with van der Waals surface area (Å²) in [5.41, 5.74) is 0. The predicted molar refractivity (Wildman–Crippen MR) is 65.9 cm³/mol. The Morgan fingerprint density at radius 2 is 2.07 bits per heavy atom. The van der Waals surface area contributed by atoms with Crippen LogP contribution < -0.4 is 4.72 Å². The highest BCUT2D eigenvalue weighted by atomic mass is 79.9. The van der Waals surface area contributed by atoms with Gasteiger partial charge < -0.3 is 4.74 Å². The van der Waals surface area contributed by atoms with Crippen molar-refractivity contribution in [2.24, 2.45) is 0 Å².